The lowest BCUT2D eigenvalue weighted by molar-refractivity contribution is 0.0764. The molecule has 0 aromatic carbocycles. The van der Waals surface area contributed by atoms with Gasteiger partial charge in [0.2, 0.25) is 0 Å². The summed E-state index contributed by atoms with van der Waals surface area (Å²) in [6.45, 7) is 6.15. The lowest BCUT2D eigenvalue weighted by Gasteiger charge is -2.18. The average molecular weight is 223 g/mol. The van der Waals surface area contributed by atoms with Gasteiger partial charge in [-0.1, -0.05) is 19.8 Å². The number of aliphatic hydroxyl groups is 1. The molecule has 0 fully saturated rings. The molecule has 0 aliphatic carbocycles. The lowest BCUT2D eigenvalue weighted by Crippen LogP contribution is -2.31. The normalized spacial score (nSPS) is 11.8. The third-order valence-electron chi connectivity index (χ3n) is 2.68. The molecule has 0 aliphatic rings. The van der Waals surface area contributed by atoms with Crippen molar-refractivity contribution in [1.29, 1.82) is 0 Å². The predicted octanol–water partition coefficient (Wildman–Crippen LogP) is 2.27. The Morgan fingerprint density at radius 3 is 2.62 bits per heavy atom. The largest absolute Gasteiger partial charge is 0.386 e. The van der Waals surface area contributed by atoms with Crippen molar-refractivity contribution in [3.63, 3.8) is 0 Å². The average Bonchev–Trinajstić information content (AvgIpc) is 2.19. The Balaban J connectivity index is 2.92. The first-order valence-electron chi connectivity index (χ1n) is 5.89. The van der Waals surface area contributed by atoms with Gasteiger partial charge in [0.1, 0.15) is 0 Å². The summed E-state index contributed by atoms with van der Waals surface area (Å²) in [6.07, 6.45) is 5.05. The van der Waals surface area contributed by atoms with Gasteiger partial charge in [0.25, 0.3) is 5.56 Å². The molecule has 0 bridgehead atoms. The fourth-order valence-electron chi connectivity index (χ4n) is 1.71. The molecule has 0 amide bonds. The van der Waals surface area contributed by atoms with Crippen LogP contribution in [0, 0.1) is 0 Å². The molecule has 0 saturated heterocycles. The van der Waals surface area contributed by atoms with Crippen LogP contribution in [0.1, 0.15) is 45.6 Å². The van der Waals surface area contributed by atoms with Gasteiger partial charge >= 0.3 is 0 Å². The summed E-state index contributed by atoms with van der Waals surface area (Å²) in [4.78, 5) is 12.0. The van der Waals surface area contributed by atoms with Crippen LogP contribution in [0.25, 0.3) is 0 Å². The summed E-state index contributed by atoms with van der Waals surface area (Å²) in [6, 6.07) is 3.51. The molecule has 1 aromatic heterocycles. The van der Waals surface area contributed by atoms with Gasteiger partial charge in [-0.15, -0.1) is 0 Å². The molecule has 0 radical (unpaired) electrons. The van der Waals surface area contributed by atoms with Gasteiger partial charge < -0.3 is 9.67 Å². The molecule has 3 heteroatoms. The van der Waals surface area contributed by atoms with Crippen LogP contribution >= 0.6 is 0 Å². The van der Waals surface area contributed by atoms with Crippen molar-refractivity contribution in [3.8, 4) is 0 Å². The van der Waals surface area contributed by atoms with Crippen molar-refractivity contribution in [2.75, 3.05) is 0 Å². The van der Waals surface area contributed by atoms with Gasteiger partial charge in [-0.05, 0) is 32.4 Å². The SMILES string of the molecule is CCCCCn1cccc(C(C)(C)O)c1=O. The highest BCUT2D eigenvalue weighted by Gasteiger charge is 2.20. The van der Waals surface area contributed by atoms with E-state index in [0.29, 0.717) is 5.56 Å². The Labute approximate surface area is 96.7 Å². The second-order valence-electron chi connectivity index (χ2n) is 4.69. The highest BCUT2D eigenvalue weighted by Crippen LogP contribution is 2.14. The maximum atomic E-state index is 12.0. The van der Waals surface area contributed by atoms with E-state index in [9.17, 15) is 9.90 Å². The predicted molar refractivity (Wildman–Crippen MR) is 65.5 cm³/mol. The molecule has 0 aliphatic heterocycles. The minimum atomic E-state index is -1.06. The zero-order chi connectivity index (χ0) is 12.2. The van der Waals surface area contributed by atoms with E-state index in [0.717, 1.165) is 25.8 Å². The fourth-order valence-corrected chi connectivity index (χ4v) is 1.71. The van der Waals surface area contributed by atoms with Crippen molar-refractivity contribution >= 4 is 0 Å². The van der Waals surface area contributed by atoms with Crippen LogP contribution in [-0.4, -0.2) is 9.67 Å². The maximum absolute atomic E-state index is 12.0. The summed E-state index contributed by atoms with van der Waals surface area (Å²) >= 11 is 0. The zero-order valence-electron chi connectivity index (χ0n) is 10.4. The molecule has 3 nitrogen and oxygen atoms in total. The van der Waals surface area contributed by atoms with Crippen LogP contribution in [0.3, 0.4) is 0 Å². The quantitative estimate of drug-likeness (QED) is 0.778. The van der Waals surface area contributed by atoms with Gasteiger partial charge in [-0.2, -0.15) is 0 Å². The van der Waals surface area contributed by atoms with Crippen molar-refractivity contribution in [2.45, 2.75) is 52.2 Å². The van der Waals surface area contributed by atoms with E-state index in [1.54, 1.807) is 30.7 Å². The van der Waals surface area contributed by atoms with Crippen LogP contribution in [0.2, 0.25) is 0 Å². The number of aryl methyl sites for hydroxylation is 1. The molecular weight excluding hydrogens is 202 g/mol. The van der Waals surface area contributed by atoms with Crippen molar-refractivity contribution < 1.29 is 5.11 Å². The van der Waals surface area contributed by atoms with E-state index in [4.69, 9.17) is 0 Å². The van der Waals surface area contributed by atoms with Crippen molar-refractivity contribution in [1.82, 2.24) is 4.57 Å². The molecule has 0 atom stereocenters. The molecule has 0 unspecified atom stereocenters. The first-order chi connectivity index (χ1) is 7.46. The molecule has 16 heavy (non-hydrogen) atoms. The number of pyridine rings is 1. The third kappa shape index (κ3) is 3.20. The van der Waals surface area contributed by atoms with Crippen LogP contribution in [0.15, 0.2) is 23.1 Å². The van der Waals surface area contributed by atoms with Crippen LogP contribution in [0.5, 0.6) is 0 Å². The Morgan fingerprint density at radius 2 is 2.06 bits per heavy atom. The van der Waals surface area contributed by atoms with Crippen LogP contribution in [-0.2, 0) is 12.1 Å². The van der Waals surface area contributed by atoms with Crippen molar-refractivity contribution in [2.24, 2.45) is 0 Å². The standard InChI is InChI=1S/C13H21NO2/c1-4-5-6-9-14-10-7-8-11(12(14)15)13(2,3)16/h7-8,10,16H,4-6,9H2,1-3H3. The fraction of sp³-hybridized carbons (Fsp3) is 0.615. The van der Waals surface area contributed by atoms with Gasteiger partial charge in [-0.25, -0.2) is 0 Å². The number of rotatable bonds is 5. The van der Waals surface area contributed by atoms with Gasteiger partial charge in [0.15, 0.2) is 0 Å². The Hall–Kier alpha value is -1.09. The van der Waals surface area contributed by atoms with Gasteiger partial charge in [-0.3, -0.25) is 4.79 Å². The van der Waals surface area contributed by atoms with E-state index in [2.05, 4.69) is 6.92 Å². The number of unbranched alkanes of at least 4 members (excludes halogenated alkanes) is 2. The minimum Gasteiger partial charge on any atom is -0.386 e. The van der Waals surface area contributed by atoms with E-state index in [1.807, 2.05) is 6.07 Å². The zero-order valence-corrected chi connectivity index (χ0v) is 10.4. The summed E-state index contributed by atoms with van der Waals surface area (Å²) in [5.74, 6) is 0. The smallest absolute Gasteiger partial charge is 0.256 e. The molecule has 1 aromatic rings. The maximum Gasteiger partial charge on any atom is 0.256 e. The number of nitrogens with zero attached hydrogens (tertiary/aromatic N) is 1. The van der Waals surface area contributed by atoms with Gasteiger partial charge in [0.05, 0.1) is 5.60 Å². The molecule has 90 valence electrons. The topological polar surface area (TPSA) is 42.2 Å². The molecule has 1 heterocycles. The Morgan fingerprint density at radius 1 is 1.38 bits per heavy atom. The van der Waals surface area contributed by atoms with E-state index < -0.39 is 5.60 Å². The molecule has 1 N–H and O–H groups in total. The highest BCUT2D eigenvalue weighted by molar-refractivity contribution is 5.16. The van der Waals surface area contributed by atoms with E-state index in [-0.39, 0.29) is 5.56 Å². The van der Waals surface area contributed by atoms with Crippen LogP contribution in [0.4, 0.5) is 0 Å². The monoisotopic (exact) mass is 223 g/mol. The molecule has 0 spiro atoms. The third-order valence-corrected chi connectivity index (χ3v) is 2.68. The Kier molecular flexibility index (Phi) is 4.30. The molecular formula is C13H21NO2. The number of aromatic nitrogens is 1. The molecule has 0 saturated carbocycles. The molecule has 1 rings (SSSR count). The first-order valence-corrected chi connectivity index (χ1v) is 5.89. The van der Waals surface area contributed by atoms with Gasteiger partial charge in [0, 0.05) is 18.3 Å². The van der Waals surface area contributed by atoms with Crippen molar-refractivity contribution in [3.05, 3.63) is 34.2 Å². The number of hydrogen-bond donors (Lipinski definition) is 1. The number of hydrogen-bond acceptors (Lipinski definition) is 2. The summed E-state index contributed by atoms with van der Waals surface area (Å²) in [5, 5.41) is 9.85. The van der Waals surface area contributed by atoms with E-state index in [1.165, 1.54) is 0 Å². The first kappa shape index (κ1) is 13.0. The lowest BCUT2D eigenvalue weighted by atomic mass is 10.0. The second kappa shape index (κ2) is 5.30. The summed E-state index contributed by atoms with van der Waals surface area (Å²) in [7, 11) is 0. The van der Waals surface area contributed by atoms with Crippen LogP contribution < -0.4 is 5.56 Å². The summed E-state index contributed by atoms with van der Waals surface area (Å²) in [5.41, 5.74) is -0.678. The highest BCUT2D eigenvalue weighted by atomic mass is 16.3. The van der Waals surface area contributed by atoms with E-state index >= 15 is 0 Å². The minimum absolute atomic E-state index is 0.0777. The Bertz CT molecular complexity index is 388. The summed E-state index contributed by atoms with van der Waals surface area (Å²) < 4.78 is 1.68. The second-order valence-corrected chi connectivity index (χ2v) is 4.69.